The van der Waals surface area contributed by atoms with E-state index in [0.29, 0.717) is 5.92 Å². The van der Waals surface area contributed by atoms with E-state index < -0.39 is 13.4 Å². The lowest BCUT2D eigenvalue weighted by atomic mass is 9.93. The van der Waals surface area contributed by atoms with E-state index in [1.54, 1.807) is 0 Å². The number of benzene rings is 2. The Bertz CT molecular complexity index is 753. The molecule has 4 nitrogen and oxygen atoms in total. The van der Waals surface area contributed by atoms with Gasteiger partial charge in [-0.2, -0.15) is 0 Å². The van der Waals surface area contributed by atoms with Crippen molar-refractivity contribution in [3.63, 3.8) is 0 Å². The van der Waals surface area contributed by atoms with Crippen molar-refractivity contribution in [2.75, 3.05) is 0 Å². The van der Waals surface area contributed by atoms with Gasteiger partial charge in [-0.05, 0) is 49.3 Å². The van der Waals surface area contributed by atoms with E-state index in [1.165, 1.54) is 0 Å². The molecule has 0 aliphatic carbocycles. The SMILES string of the molecule is C=C(CCC(C)C)C(C)(C)OP(=O)(OCc1ccccc1)OCc1ccccc1. The number of phosphoric acid groups is 1. The van der Waals surface area contributed by atoms with Crippen LogP contribution in [-0.4, -0.2) is 5.60 Å². The van der Waals surface area contributed by atoms with Crippen molar-refractivity contribution < 1.29 is 18.1 Å². The van der Waals surface area contributed by atoms with E-state index >= 15 is 0 Å². The van der Waals surface area contributed by atoms with Crippen LogP contribution in [0.2, 0.25) is 0 Å². The summed E-state index contributed by atoms with van der Waals surface area (Å²) in [5.74, 6) is 0.554. The summed E-state index contributed by atoms with van der Waals surface area (Å²) in [6.45, 7) is 12.5. The van der Waals surface area contributed by atoms with Crippen LogP contribution in [0.3, 0.4) is 0 Å². The van der Waals surface area contributed by atoms with Crippen LogP contribution < -0.4 is 0 Å². The van der Waals surface area contributed by atoms with Crippen molar-refractivity contribution in [3.05, 3.63) is 83.9 Å². The predicted octanol–water partition coefficient (Wildman–Crippen LogP) is 7.32. The van der Waals surface area contributed by atoms with Gasteiger partial charge in [0.1, 0.15) is 0 Å². The largest absolute Gasteiger partial charge is 0.476 e. The molecule has 2 aromatic carbocycles. The van der Waals surface area contributed by atoms with E-state index in [9.17, 15) is 4.57 Å². The molecule has 5 heteroatoms. The van der Waals surface area contributed by atoms with Crippen molar-refractivity contribution in [2.24, 2.45) is 5.92 Å². The van der Waals surface area contributed by atoms with E-state index in [-0.39, 0.29) is 13.2 Å². The first-order valence-corrected chi connectivity index (χ1v) is 11.5. The van der Waals surface area contributed by atoms with Gasteiger partial charge in [-0.1, -0.05) is 81.1 Å². The quantitative estimate of drug-likeness (QED) is 0.269. The Morgan fingerprint density at radius 1 is 0.931 bits per heavy atom. The van der Waals surface area contributed by atoms with E-state index in [4.69, 9.17) is 13.6 Å². The highest BCUT2D eigenvalue weighted by molar-refractivity contribution is 7.48. The highest BCUT2D eigenvalue weighted by atomic mass is 31.2. The second-order valence-electron chi connectivity index (χ2n) is 8.10. The first kappa shape index (κ1) is 23.6. The Morgan fingerprint density at radius 3 is 1.79 bits per heavy atom. The molecule has 0 aliphatic rings. The maximum absolute atomic E-state index is 13.5. The summed E-state index contributed by atoms with van der Waals surface area (Å²) in [4.78, 5) is 0. The molecule has 0 radical (unpaired) electrons. The highest BCUT2D eigenvalue weighted by Gasteiger charge is 2.37. The number of hydrogen-bond donors (Lipinski definition) is 0. The Labute approximate surface area is 175 Å². The van der Waals surface area contributed by atoms with E-state index in [0.717, 1.165) is 29.5 Å². The average Bonchev–Trinajstić information content (AvgIpc) is 2.70. The molecule has 2 rings (SSSR count). The van der Waals surface area contributed by atoms with Crippen LogP contribution >= 0.6 is 7.82 Å². The maximum Gasteiger partial charge on any atom is 0.476 e. The lowest BCUT2D eigenvalue weighted by Crippen LogP contribution is -2.26. The molecule has 158 valence electrons. The Balaban J connectivity index is 2.11. The van der Waals surface area contributed by atoms with Gasteiger partial charge in [0.15, 0.2) is 0 Å². The second-order valence-corrected chi connectivity index (χ2v) is 9.70. The third-order valence-corrected chi connectivity index (χ3v) is 6.25. The topological polar surface area (TPSA) is 44.8 Å². The molecule has 0 amide bonds. The van der Waals surface area contributed by atoms with Gasteiger partial charge in [-0.25, -0.2) is 4.57 Å². The zero-order valence-corrected chi connectivity index (χ0v) is 18.9. The summed E-state index contributed by atoms with van der Waals surface area (Å²) in [5, 5.41) is 0. The minimum absolute atomic E-state index is 0.140. The van der Waals surface area contributed by atoms with Crippen molar-refractivity contribution in [2.45, 2.75) is 59.4 Å². The van der Waals surface area contributed by atoms with Crippen molar-refractivity contribution >= 4 is 7.82 Å². The van der Waals surface area contributed by atoms with Crippen LogP contribution in [0.15, 0.2) is 72.8 Å². The van der Waals surface area contributed by atoms with Gasteiger partial charge in [-0.3, -0.25) is 13.6 Å². The average molecular weight is 416 g/mol. The Kier molecular flexibility index (Phi) is 8.85. The van der Waals surface area contributed by atoms with Gasteiger partial charge in [0.05, 0.1) is 18.8 Å². The van der Waals surface area contributed by atoms with Gasteiger partial charge in [0, 0.05) is 0 Å². The first-order chi connectivity index (χ1) is 13.7. The Morgan fingerprint density at radius 2 is 1.38 bits per heavy atom. The second kappa shape index (κ2) is 10.9. The van der Waals surface area contributed by atoms with Gasteiger partial charge in [0.2, 0.25) is 0 Å². The lowest BCUT2D eigenvalue weighted by Gasteiger charge is -2.31. The molecule has 0 heterocycles. The van der Waals surface area contributed by atoms with Crippen LogP contribution in [0, 0.1) is 5.92 Å². The monoisotopic (exact) mass is 416 g/mol. The van der Waals surface area contributed by atoms with Crippen LogP contribution in [0.25, 0.3) is 0 Å². The van der Waals surface area contributed by atoms with Crippen molar-refractivity contribution in [1.82, 2.24) is 0 Å². The third kappa shape index (κ3) is 8.28. The van der Waals surface area contributed by atoms with Gasteiger partial charge in [0.25, 0.3) is 0 Å². The lowest BCUT2D eigenvalue weighted by molar-refractivity contribution is 0.0439. The summed E-state index contributed by atoms with van der Waals surface area (Å²) < 4.78 is 30.9. The standard InChI is InChI=1S/C24H33O4P/c1-20(2)16-17-21(3)24(4,5)28-29(25,26-18-22-12-8-6-9-13-22)27-19-23-14-10-7-11-15-23/h6-15,20H,3,16-19H2,1-2,4-5H3. The van der Waals surface area contributed by atoms with E-state index in [2.05, 4.69) is 20.4 Å². The molecule has 0 aromatic heterocycles. The smallest absolute Gasteiger partial charge is 0.282 e. The molecule has 0 bridgehead atoms. The van der Waals surface area contributed by atoms with E-state index in [1.807, 2.05) is 74.5 Å². The van der Waals surface area contributed by atoms with Gasteiger partial charge >= 0.3 is 7.82 Å². The highest BCUT2D eigenvalue weighted by Crippen LogP contribution is 2.55. The fourth-order valence-electron chi connectivity index (χ4n) is 2.65. The molecule has 0 saturated heterocycles. The molecule has 0 saturated carbocycles. The number of phosphoric ester groups is 1. The molecule has 29 heavy (non-hydrogen) atoms. The minimum atomic E-state index is -3.83. The van der Waals surface area contributed by atoms with Crippen LogP contribution in [0.4, 0.5) is 0 Å². The summed E-state index contributed by atoms with van der Waals surface area (Å²) in [6.07, 6.45) is 1.79. The molecule has 2 aromatic rings. The molecule has 0 unspecified atom stereocenters. The molecular weight excluding hydrogens is 383 g/mol. The summed E-state index contributed by atoms with van der Waals surface area (Å²) >= 11 is 0. The van der Waals surface area contributed by atoms with Crippen molar-refractivity contribution in [3.8, 4) is 0 Å². The van der Waals surface area contributed by atoms with Gasteiger partial charge in [-0.15, -0.1) is 0 Å². The summed E-state index contributed by atoms with van der Waals surface area (Å²) in [5.41, 5.74) is 1.84. The predicted molar refractivity (Wildman–Crippen MR) is 118 cm³/mol. The fraction of sp³-hybridized carbons (Fsp3) is 0.417. The van der Waals surface area contributed by atoms with Crippen molar-refractivity contribution in [1.29, 1.82) is 0 Å². The molecule has 0 spiro atoms. The zero-order chi connectivity index (χ0) is 21.3. The van der Waals surface area contributed by atoms with Gasteiger partial charge < -0.3 is 0 Å². The van der Waals surface area contributed by atoms with Crippen LogP contribution in [-0.2, 0) is 31.4 Å². The molecule has 0 atom stereocenters. The maximum atomic E-state index is 13.5. The normalized spacial score (nSPS) is 12.3. The molecule has 0 fully saturated rings. The summed E-state index contributed by atoms with van der Waals surface area (Å²) in [7, 11) is -3.83. The van der Waals surface area contributed by atoms with Crippen LogP contribution in [0.1, 0.15) is 51.7 Å². The minimum Gasteiger partial charge on any atom is -0.282 e. The summed E-state index contributed by atoms with van der Waals surface area (Å²) in [6, 6.07) is 19.1. The number of rotatable bonds is 12. The number of hydrogen-bond acceptors (Lipinski definition) is 4. The molecule has 0 N–H and O–H groups in total. The Hall–Kier alpha value is -1.71. The first-order valence-electron chi connectivity index (χ1n) is 10.1. The molecule has 0 aliphatic heterocycles. The van der Waals surface area contributed by atoms with Crippen LogP contribution in [0.5, 0.6) is 0 Å². The fourth-order valence-corrected chi connectivity index (χ4v) is 4.14. The third-order valence-electron chi connectivity index (χ3n) is 4.68. The zero-order valence-electron chi connectivity index (χ0n) is 18.0. The molecular formula is C24H33O4P.